The Labute approximate surface area is 221 Å². The third-order valence-corrected chi connectivity index (χ3v) is 5.62. The summed E-state index contributed by atoms with van der Waals surface area (Å²) in [6, 6.07) is 4.57. The summed E-state index contributed by atoms with van der Waals surface area (Å²) in [4.78, 5) is 22.4. The Kier molecular flexibility index (Phi) is 11.0. The zero-order valence-electron chi connectivity index (χ0n) is 20.9. The van der Waals surface area contributed by atoms with Crippen LogP contribution in [0.2, 0.25) is 0 Å². The van der Waals surface area contributed by atoms with Gasteiger partial charge in [0.15, 0.2) is 5.75 Å². The van der Waals surface area contributed by atoms with Crippen LogP contribution < -0.4 is 4.18 Å². The number of benzene rings is 2. The molecule has 2 aromatic carbocycles. The number of esters is 2. The van der Waals surface area contributed by atoms with Crippen molar-refractivity contribution in [2.24, 2.45) is 5.92 Å². The number of methoxy groups -OCH3 is 2. The molecule has 17 heteroatoms. The molecule has 0 atom stereocenters. The second-order valence-electron chi connectivity index (χ2n) is 8.14. The summed E-state index contributed by atoms with van der Waals surface area (Å²) in [6.45, 7) is 3.68. The summed E-state index contributed by atoms with van der Waals surface area (Å²) in [5.74, 6) is -3.47. The molecule has 224 valence electrons. The first kappa shape index (κ1) is 34.5. The van der Waals surface area contributed by atoms with E-state index in [2.05, 4.69) is 13.7 Å². The molecule has 0 fully saturated rings. The minimum absolute atomic E-state index is 0.0858. The van der Waals surface area contributed by atoms with Crippen LogP contribution in [0, 0.1) is 5.92 Å². The molecule has 0 unspecified atom stereocenters. The summed E-state index contributed by atoms with van der Waals surface area (Å²) in [6.07, 6.45) is -9.41. The summed E-state index contributed by atoms with van der Waals surface area (Å²) >= 11 is 0. The van der Waals surface area contributed by atoms with E-state index < -0.39 is 62.4 Å². The first-order valence-electron chi connectivity index (χ1n) is 10.6. The molecule has 0 saturated carbocycles. The van der Waals surface area contributed by atoms with Crippen LogP contribution in [-0.4, -0.2) is 40.1 Å². The number of ether oxygens (including phenoxy) is 2. The topological polar surface area (TPSA) is 96.0 Å². The molecule has 0 saturated heterocycles. The number of rotatable bonds is 6. The third-order valence-electron chi connectivity index (χ3n) is 4.65. The normalized spacial score (nSPS) is 12.3. The van der Waals surface area contributed by atoms with E-state index in [-0.39, 0.29) is 29.2 Å². The highest BCUT2D eigenvalue weighted by Gasteiger charge is 2.49. The van der Waals surface area contributed by atoms with Gasteiger partial charge in [0.1, 0.15) is 5.56 Å². The fourth-order valence-electron chi connectivity index (χ4n) is 2.94. The summed E-state index contributed by atoms with van der Waals surface area (Å²) in [5, 5.41) is 0. The van der Waals surface area contributed by atoms with Gasteiger partial charge in [0.05, 0.1) is 30.9 Å². The van der Waals surface area contributed by atoms with Crippen molar-refractivity contribution in [1.29, 1.82) is 0 Å². The van der Waals surface area contributed by atoms with E-state index in [0.717, 1.165) is 20.3 Å². The Morgan fingerprint density at radius 3 is 1.55 bits per heavy atom. The lowest BCUT2D eigenvalue weighted by Crippen LogP contribution is -2.29. The minimum Gasteiger partial charge on any atom is -0.465 e. The van der Waals surface area contributed by atoms with Crippen LogP contribution in [0.5, 0.6) is 5.75 Å². The molecule has 0 N–H and O–H groups in total. The summed E-state index contributed by atoms with van der Waals surface area (Å²) in [7, 11) is -4.28. The van der Waals surface area contributed by atoms with Gasteiger partial charge in [-0.3, -0.25) is 0 Å². The zero-order chi connectivity index (χ0) is 31.3. The molecule has 0 heterocycles. The van der Waals surface area contributed by atoms with Crippen LogP contribution in [0.25, 0.3) is 0 Å². The van der Waals surface area contributed by atoms with Gasteiger partial charge in [-0.25, -0.2) is 9.59 Å². The number of alkyl halides is 9. The van der Waals surface area contributed by atoms with Crippen molar-refractivity contribution in [3.05, 3.63) is 64.2 Å². The molecule has 2 aromatic rings. The van der Waals surface area contributed by atoms with Crippen molar-refractivity contribution in [1.82, 2.24) is 0 Å². The monoisotopic (exact) mass is 612 g/mol. The fourth-order valence-corrected chi connectivity index (χ4v) is 3.41. The van der Waals surface area contributed by atoms with Gasteiger partial charge in [-0.2, -0.15) is 47.9 Å². The van der Waals surface area contributed by atoms with E-state index in [0.29, 0.717) is 12.5 Å². The zero-order valence-corrected chi connectivity index (χ0v) is 21.7. The van der Waals surface area contributed by atoms with Gasteiger partial charge in [0.25, 0.3) is 0 Å². The van der Waals surface area contributed by atoms with E-state index in [1.54, 1.807) is 0 Å². The van der Waals surface area contributed by atoms with Crippen LogP contribution in [0.15, 0.2) is 36.4 Å². The van der Waals surface area contributed by atoms with E-state index in [4.69, 9.17) is 0 Å². The molecule has 7 nitrogen and oxygen atoms in total. The van der Waals surface area contributed by atoms with Gasteiger partial charge in [0, 0.05) is 0 Å². The minimum atomic E-state index is -6.29. The molecule has 0 radical (unpaired) electrons. The Morgan fingerprint density at radius 2 is 1.18 bits per heavy atom. The third kappa shape index (κ3) is 9.31. The van der Waals surface area contributed by atoms with Gasteiger partial charge in [-0.05, 0) is 48.2 Å². The van der Waals surface area contributed by atoms with Crippen molar-refractivity contribution in [2.75, 3.05) is 14.2 Å². The van der Waals surface area contributed by atoms with Gasteiger partial charge < -0.3 is 13.7 Å². The molecule has 40 heavy (non-hydrogen) atoms. The maximum atomic E-state index is 12.9. The predicted molar refractivity (Wildman–Crippen MR) is 120 cm³/mol. The molecular formula is C23H21F9O7S. The molecule has 0 amide bonds. The molecule has 0 aromatic heterocycles. The summed E-state index contributed by atoms with van der Waals surface area (Å²) < 4.78 is 147. The summed E-state index contributed by atoms with van der Waals surface area (Å²) in [5.41, 5.74) is -9.08. The number of carbonyl (C=O) groups excluding carboxylic acids is 2. The number of hydrogen-bond donors (Lipinski definition) is 0. The Bertz CT molecular complexity index is 1310. The first-order chi connectivity index (χ1) is 18.0. The SMILES string of the molecule is COC(=O)c1ccc(CC(C)C)c(C(F)(F)F)c1.COC(=O)c1ccc(OS(=O)(=O)C(F)(F)F)c(C(F)(F)F)c1. The molecule has 0 spiro atoms. The molecular weight excluding hydrogens is 591 g/mol. The lowest BCUT2D eigenvalue weighted by molar-refractivity contribution is -0.139. The number of carbonyl (C=O) groups is 2. The Balaban J connectivity index is 0.000000408. The lowest BCUT2D eigenvalue weighted by Gasteiger charge is -2.15. The quantitative estimate of drug-likeness (QED) is 0.161. The smallest absolute Gasteiger partial charge is 0.465 e. The van der Waals surface area contributed by atoms with Gasteiger partial charge in [-0.1, -0.05) is 19.9 Å². The van der Waals surface area contributed by atoms with Crippen LogP contribution in [0.4, 0.5) is 39.5 Å². The average Bonchev–Trinajstić information content (AvgIpc) is 2.81. The first-order valence-corrected chi connectivity index (χ1v) is 12.0. The van der Waals surface area contributed by atoms with Crippen LogP contribution in [-0.2, 0) is 38.4 Å². The fraction of sp³-hybridized carbons (Fsp3) is 0.391. The maximum absolute atomic E-state index is 12.9. The maximum Gasteiger partial charge on any atom is 0.534 e. The van der Waals surface area contributed by atoms with Crippen molar-refractivity contribution >= 4 is 22.1 Å². The average molecular weight is 612 g/mol. The lowest BCUT2D eigenvalue weighted by atomic mass is 9.96. The van der Waals surface area contributed by atoms with Crippen molar-refractivity contribution in [2.45, 2.75) is 38.1 Å². The second-order valence-corrected chi connectivity index (χ2v) is 9.68. The predicted octanol–water partition coefficient (Wildman–Crippen LogP) is 6.41. The highest BCUT2D eigenvalue weighted by Crippen LogP contribution is 2.39. The van der Waals surface area contributed by atoms with Crippen LogP contribution in [0.1, 0.15) is 51.3 Å². The van der Waals surface area contributed by atoms with Crippen LogP contribution >= 0.6 is 0 Å². The van der Waals surface area contributed by atoms with Crippen molar-refractivity contribution in [3.8, 4) is 5.75 Å². The van der Waals surface area contributed by atoms with Gasteiger partial charge in [-0.15, -0.1) is 0 Å². The van der Waals surface area contributed by atoms with E-state index in [1.165, 1.54) is 12.1 Å². The molecule has 0 bridgehead atoms. The van der Waals surface area contributed by atoms with E-state index in [1.807, 2.05) is 13.8 Å². The highest BCUT2D eigenvalue weighted by molar-refractivity contribution is 7.88. The van der Waals surface area contributed by atoms with Gasteiger partial charge in [0.2, 0.25) is 0 Å². The van der Waals surface area contributed by atoms with Crippen molar-refractivity contribution in [3.63, 3.8) is 0 Å². The molecule has 0 aliphatic carbocycles. The highest BCUT2D eigenvalue weighted by atomic mass is 32.2. The molecule has 0 aliphatic rings. The molecule has 2 rings (SSSR count). The number of halogens is 9. The Hall–Kier alpha value is -3.50. The standard InChI is InChI=1S/C13H15F3O2.C10H6F6O5S/c1-8(2)6-9-4-5-10(12(17)18-3)7-11(9)13(14,15)16;1-20-8(17)5-2-3-7(6(4-5)9(11,12)13)21-22(18,19)10(14,15)16/h4-5,7-8H,6H2,1-3H3;2-4H,1H3. The molecule has 0 aliphatic heterocycles. The van der Waals surface area contributed by atoms with Crippen LogP contribution in [0.3, 0.4) is 0 Å². The second kappa shape index (κ2) is 12.8. The largest absolute Gasteiger partial charge is 0.534 e. The number of hydrogen-bond acceptors (Lipinski definition) is 7. The van der Waals surface area contributed by atoms with E-state index in [9.17, 15) is 57.5 Å². The van der Waals surface area contributed by atoms with Gasteiger partial charge >= 0.3 is 39.9 Å². The Morgan fingerprint density at radius 1 is 0.750 bits per heavy atom. The van der Waals surface area contributed by atoms with Crippen molar-refractivity contribution < 1.29 is 71.2 Å². The van der Waals surface area contributed by atoms with E-state index >= 15 is 0 Å².